The first-order valence-corrected chi connectivity index (χ1v) is 7.21. The molecule has 2 rings (SSSR count). The van der Waals surface area contributed by atoms with Crippen LogP contribution in [0.2, 0.25) is 0 Å². The second kappa shape index (κ2) is 5.69. The first kappa shape index (κ1) is 13.3. The van der Waals surface area contributed by atoms with E-state index in [2.05, 4.69) is 29.1 Å². The Labute approximate surface area is 113 Å². The average Bonchev–Trinajstić information content (AvgIpc) is 2.81. The summed E-state index contributed by atoms with van der Waals surface area (Å²) in [5, 5.41) is 3.35. The molecule has 1 aromatic rings. The molecule has 0 unspecified atom stereocenters. The van der Waals surface area contributed by atoms with Gasteiger partial charge in [0.2, 0.25) is 0 Å². The standard InChI is InChI=1S/C13H21N3OS/c1-13(2)10-16(6-8-18-13)12(14-3)15-9-11-5-4-7-17-11/h4-5,7H,6,8-10H2,1-3H3,(H,14,15). The molecular formula is C13H21N3OS. The van der Waals surface area contributed by atoms with Crippen LogP contribution in [0.4, 0.5) is 0 Å². The van der Waals surface area contributed by atoms with E-state index in [4.69, 9.17) is 4.42 Å². The van der Waals surface area contributed by atoms with Crippen molar-refractivity contribution >= 4 is 17.7 Å². The van der Waals surface area contributed by atoms with Gasteiger partial charge in [0.25, 0.3) is 0 Å². The SMILES string of the molecule is CN=C(NCc1ccco1)N1CCSC(C)(C)C1. The van der Waals surface area contributed by atoms with Crippen LogP contribution in [0.15, 0.2) is 27.8 Å². The molecule has 18 heavy (non-hydrogen) atoms. The predicted octanol–water partition coefficient (Wildman–Crippen LogP) is 2.18. The van der Waals surface area contributed by atoms with Crippen molar-refractivity contribution in [2.24, 2.45) is 4.99 Å². The number of nitrogens with zero attached hydrogens (tertiary/aromatic N) is 2. The smallest absolute Gasteiger partial charge is 0.194 e. The summed E-state index contributed by atoms with van der Waals surface area (Å²) in [6, 6.07) is 3.87. The van der Waals surface area contributed by atoms with Crippen LogP contribution in [0.3, 0.4) is 0 Å². The van der Waals surface area contributed by atoms with Gasteiger partial charge in [0.1, 0.15) is 5.76 Å². The minimum absolute atomic E-state index is 0.292. The molecule has 2 heterocycles. The molecule has 1 aromatic heterocycles. The van der Waals surface area contributed by atoms with Crippen LogP contribution in [-0.2, 0) is 6.54 Å². The number of guanidine groups is 1. The normalized spacial score (nSPS) is 19.9. The van der Waals surface area contributed by atoms with Crippen molar-refractivity contribution in [2.75, 3.05) is 25.9 Å². The first-order valence-electron chi connectivity index (χ1n) is 6.23. The fourth-order valence-electron chi connectivity index (χ4n) is 2.11. The van der Waals surface area contributed by atoms with Crippen molar-refractivity contribution in [1.29, 1.82) is 0 Å². The van der Waals surface area contributed by atoms with Crippen molar-refractivity contribution in [3.8, 4) is 0 Å². The van der Waals surface area contributed by atoms with Gasteiger partial charge in [-0.3, -0.25) is 4.99 Å². The van der Waals surface area contributed by atoms with Crippen molar-refractivity contribution in [2.45, 2.75) is 25.1 Å². The number of hydrogen-bond donors (Lipinski definition) is 1. The van der Waals surface area contributed by atoms with E-state index in [1.54, 1.807) is 6.26 Å². The van der Waals surface area contributed by atoms with E-state index in [-0.39, 0.29) is 0 Å². The van der Waals surface area contributed by atoms with Crippen molar-refractivity contribution in [3.05, 3.63) is 24.2 Å². The monoisotopic (exact) mass is 267 g/mol. The lowest BCUT2D eigenvalue weighted by Crippen LogP contribution is -2.50. The fraction of sp³-hybridized carbons (Fsp3) is 0.615. The number of furan rings is 1. The summed E-state index contributed by atoms with van der Waals surface area (Å²) in [6.07, 6.45) is 1.69. The largest absolute Gasteiger partial charge is 0.467 e. The lowest BCUT2D eigenvalue weighted by atomic mass is 10.2. The zero-order valence-electron chi connectivity index (χ0n) is 11.3. The summed E-state index contributed by atoms with van der Waals surface area (Å²) in [6.45, 7) is 7.32. The third-order valence-electron chi connectivity index (χ3n) is 2.94. The average molecular weight is 267 g/mol. The van der Waals surface area contributed by atoms with Gasteiger partial charge in [0, 0.05) is 30.6 Å². The van der Waals surface area contributed by atoms with Gasteiger partial charge in [-0.05, 0) is 26.0 Å². The van der Waals surface area contributed by atoms with E-state index in [9.17, 15) is 0 Å². The third kappa shape index (κ3) is 3.45. The Morgan fingerprint density at radius 1 is 1.61 bits per heavy atom. The number of thioether (sulfide) groups is 1. The lowest BCUT2D eigenvalue weighted by molar-refractivity contribution is 0.373. The van der Waals surface area contributed by atoms with E-state index >= 15 is 0 Å². The highest BCUT2D eigenvalue weighted by Gasteiger charge is 2.28. The minimum Gasteiger partial charge on any atom is -0.467 e. The van der Waals surface area contributed by atoms with E-state index in [0.29, 0.717) is 11.3 Å². The molecule has 0 aliphatic carbocycles. The van der Waals surface area contributed by atoms with Crippen LogP contribution < -0.4 is 5.32 Å². The molecule has 0 radical (unpaired) electrons. The molecule has 0 spiro atoms. The lowest BCUT2D eigenvalue weighted by Gasteiger charge is -2.39. The molecule has 100 valence electrons. The van der Waals surface area contributed by atoms with Gasteiger partial charge < -0.3 is 14.6 Å². The topological polar surface area (TPSA) is 40.8 Å². The number of aliphatic imine (C=N–C) groups is 1. The fourth-order valence-corrected chi connectivity index (χ4v) is 3.22. The number of nitrogens with one attached hydrogen (secondary N) is 1. The van der Waals surface area contributed by atoms with Gasteiger partial charge in [-0.1, -0.05) is 0 Å². The van der Waals surface area contributed by atoms with E-state index < -0.39 is 0 Å². The molecule has 1 N–H and O–H groups in total. The van der Waals surface area contributed by atoms with E-state index in [1.807, 2.05) is 30.9 Å². The van der Waals surface area contributed by atoms with Gasteiger partial charge >= 0.3 is 0 Å². The van der Waals surface area contributed by atoms with Gasteiger partial charge in [-0.15, -0.1) is 0 Å². The molecule has 0 saturated carbocycles. The van der Waals surface area contributed by atoms with Crippen molar-refractivity contribution in [1.82, 2.24) is 10.2 Å². The quantitative estimate of drug-likeness (QED) is 0.659. The molecule has 5 heteroatoms. The van der Waals surface area contributed by atoms with Gasteiger partial charge in [-0.2, -0.15) is 11.8 Å². The highest BCUT2D eigenvalue weighted by atomic mass is 32.2. The summed E-state index contributed by atoms with van der Waals surface area (Å²) in [4.78, 5) is 6.68. The minimum atomic E-state index is 0.292. The molecule has 1 aliphatic heterocycles. The maximum atomic E-state index is 5.32. The van der Waals surface area contributed by atoms with Crippen LogP contribution in [0, 0.1) is 0 Å². The molecule has 0 amide bonds. The molecule has 0 aromatic carbocycles. The number of hydrogen-bond acceptors (Lipinski definition) is 3. The Kier molecular flexibility index (Phi) is 4.22. The molecule has 4 nitrogen and oxygen atoms in total. The first-order chi connectivity index (χ1) is 8.61. The Hall–Kier alpha value is -1.10. The summed E-state index contributed by atoms with van der Waals surface area (Å²) >= 11 is 2.02. The van der Waals surface area contributed by atoms with Gasteiger partial charge in [0.05, 0.1) is 12.8 Å². The second-order valence-electron chi connectivity index (χ2n) is 5.01. The second-order valence-corrected chi connectivity index (χ2v) is 6.81. The van der Waals surface area contributed by atoms with Crippen molar-refractivity contribution < 1.29 is 4.42 Å². The summed E-state index contributed by atoms with van der Waals surface area (Å²) in [5.74, 6) is 3.04. The van der Waals surface area contributed by atoms with Crippen LogP contribution in [0.5, 0.6) is 0 Å². The van der Waals surface area contributed by atoms with Gasteiger partial charge in [-0.25, -0.2) is 0 Å². The summed E-state index contributed by atoms with van der Waals surface area (Å²) in [5.41, 5.74) is 0. The van der Waals surface area contributed by atoms with Crippen molar-refractivity contribution in [3.63, 3.8) is 0 Å². The van der Waals surface area contributed by atoms with Crippen LogP contribution >= 0.6 is 11.8 Å². The highest BCUT2D eigenvalue weighted by molar-refractivity contribution is 8.00. The molecule has 1 fully saturated rings. The van der Waals surface area contributed by atoms with Crippen LogP contribution in [-0.4, -0.2) is 41.5 Å². The molecule has 0 bridgehead atoms. The summed E-state index contributed by atoms with van der Waals surface area (Å²) < 4.78 is 5.61. The van der Waals surface area contributed by atoms with Crippen LogP contribution in [0.1, 0.15) is 19.6 Å². The predicted molar refractivity (Wildman–Crippen MR) is 77.0 cm³/mol. The third-order valence-corrected chi connectivity index (χ3v) is 4.24. The molecule has 0 atom stereocenters. The maximum Gasteiger partial charge on any atom is 0.194 e. The summed E-state index contributed by atoms with van der Waals surface area (Å²) in [7, 11) is 1.83. The Morgan fingerprint density at radius 3 is 3.06 bits per heavy atom. The Morgan fingerprint density at radius 2 is 2.44 bits per heavy atom. The Bertz CT molecular complexity index is 400. The zero-order valence-corrected chi connectivity index (χ0v) is 12.1. The van der Waals surface area contributed by atoms with E-state index in [1.165, 1.54) is 0 Å². The molecular weight excluding hydrogens is 246 g/mol. The Balaban J connectivity index is 1.92. The molecule has 1 aliphatic rings. The van der Waals surface area contributed by atoms with E-state index in [0.717, 1.165) is 30.6 Å². The maximum absolute atomic E-state index is 5.32. The number of rotatable bonds is 2. The highest BCUT2D eigenvalue weighted by Crippen LogP contribution is 2.29. The van der Waals surface area contributed by atoms with Crippen LogP contribution in [0.25, 0.3) is 0 Å². The zero-order chi connectivity index (χ0) is 13.0. The van der Waals surface area contributed by atoms with Gasteiger partial charge in [0.15, 0.2) is 5.96 Å². The molecule has 1 saturated heterocycles.